The van der Waals surface area contributed by atoms with Crippen LogP contribution in [0.5, 0.6) is 0 Å². The summed E-state index contributed by atoms with van der Waals surface area (Å²) < 4.78 is 26.9. The number of rotatable bonds is 3. The lowest BCUT2D eigenvalue weighted by molar-refractivity contribution is 0.386. The predicted molar refractivity (Wildman–Crippen MR) is 86.1 cm³/mol. The Balaban J connectivity index is 1.73. The third kappa shape index (κ3) is 2.76. The van der Waals surface area contributed by atoms with E-state index in [0.717, 1.165) is 11.4 Å². The van der Waals surface area contributed by atoms with Crippen LogP contribution < -0.4 is 10.6 Å². The van der Waals surface area contributed by atoms with Gasteiger partial charge in [0.1, 0.15) is 4.21 Å². The molecular formula is C14H17N3O2S2. The third-order valence-electron chi connectivity index (χ3n) is 3.61. The molecule has 2 heterocycles. The maximum Gasteiger partial charge on any atom is 0.252 e. The zero-order valence-corrected chi connectivity index (χ0v) is 13.1. The van der Waals surface area contributed by atoms with Crippen molar-refractivity contribution in [2.75, 3.05) is 36.8 Å². The Hall–Kier alpha value is -1.57. The summed E-state index contributed by atoms with van der Waals surface area (Å²) in [4.78, 5) is 2.13. The molecule has 0 bridgehead atoms. The van der Waals surface area contributed by atoms with E-state index in [1.165, 1.54) is 11.3 Å². The minimum Gasteiger partial charge on any atom is -0.397 e. The van der Waals surface area contributed by atoms with Gasteiger partial charge >= 0.3 is 0 Å². The Morgan fingerprint density at radius 2 is 1.71 bits per heavy atom. The van der Waals surface area contributed by atoms with Crippen molar-refractivity contribution in [1.82, 2.24) is 4.31 Å². The van der Waals surface area contributed by atoms with Crippen LogP contribution in [0.2, 0.25) is 0 Å². The topological polar surface area (TPSA) is 66.6 Å². The molecule has 0 radical (unpaired) electrons. The fourth-order valence-corrected chi connectivity index (χ4v) is 5.05. The lowest BCUT2D eigenvalue weighted by atomic mass is 10.2. The van der Waals surface area contributed by atoms with Gasteiger partial charge in [0.25, 0.3) is 10.0 Å². The molecule has 1 aromatic carbocycles. The molecule has 1 saturated heterocycles. The van der Waals surface area contributed by atoms with E-state index in [1.807, 2.05) is 24.3 Å². The van der Waals surface area contributed by atoms with Crippen LogP contribution in [0.4, 0.5) is 11.4 Å². The van der Waals surface area contributed by atoms with E-state index >= 15 is 0 Å². The molecule has 0 aliphatic carbocycles. The van der Waals surface area contributed by atoms with Crippen molar-refractivity contribution in [3.63, 3.8) is 0 Å². The number of benzene rings is 1. The molecule has 0 amide bonds. The van der Waals surface area contributed by atoms with E-state index < -0.39 is 10.0 Å². The molecule has 0 unspecified atom stereocenters. The SMILES string of the molecule is Nc1ccccc1N1CCN(S(=O)(=O)c2cccs2)CC1. The number of hydrogen-bond donors (Lipinski definition) is 1. The number of nitrogens with two attached hydrogens (primary N) is 1. The fourth-order valence-electron chi connectivity index (χ4n) is 2.48. The van der Waals surface area contributed by atoms with Gasteiger partial charge in [-0.25, -0.2) is 8.42 Å². The van der Waals surface area contributed by atoms with Gasteiger partial charge in [-0.15, -0.1) is 11.3 Å². The normalized spacial score (nSPS) is 17.0. The van der Waals surface area contributed by atoms with Crippen LogP contribution in [-0.2, 0) is 10.0 Å². The van der Waals surface area contributed by atoms with Crippen molar-refractivity contribution in [2.45, 2.75) is 4.21 Å². The first kappa shape index (κ1) is 14.4. The van der Waals surface area contributed by atoms with E-state index in [2.05, 4.69) is 4.90 Å². The molecule has 3 rings (SSSR count). The average Bonchev–Trinajstić information content (AvgIpc) is 3.03. The van der Waals surface area contributed by atoms with E-state index in [-0.39, 0.29) is 0 Å². The van der Waals surface area contributed by atoms with Crippen LogP contribution in [0.1, 0.15) is 0 Å². The Labute approximate surface area is 128 Å². The van der Waals surface area contributed by atoms with Crippen molar-refractivity contribution in [3.05, 3.63) is 41.8 Å². The first-order valence-corrected chi connectivity index (χ1v) is 9.04. The van der Waals surface area contributed by atoms with Gasteiger partial charge in [-0.2, -0.15) is 4.31 Å². The predicted octanol–water partition coefficient (Wildman–Crippen LogP) is 1.84. The first-order valence-electron chi connectivity index (χ1n) is 6.72. The highest BCUT2D eigenvalue weighted by molar-refractivity contribution is 7.91. The quantitative estimate of drug-likeness (QED) is 0.875. The summed E-state index contributed by atoms with van der Waals surface area (Å²) in [5.74, 6) is 0. The van der Waals surface area contributed by atoms with Crippen LogP contribution in [0.15, 0.2) is 46.0 Å². The second-order valence-corrected chi connectivity index (χ2v) is 7.99. The second-order valence-electron chi connectivity index (χ2n) is 4.88. The van der Waals surface area contributed by atoms with Crippen molar-refractivity contribution >= 4 is 32.7 Å². The number of para-hydroxylation sites is 2. The molecular weight excluding hydrogens is 306 g/mol. The maximum atomic E-state index is 12.5. The molecule has 7 heteroatoms. The van der Waals surface area contributed by atoms with Crippen LogP contribution in [-0.4, -0.2) is 38.9 Å². The summed E-state index contributed by atoms with van der Waals surface area (Å²) in [6.07, 6.45) is 0. The number of nitrogens with zero attached hydrogens (tertiary/aromatic N) is 2. The highest BCUT2D eigenvalue weighted by Crippen LogP contribution is 2.26. The summed E-state index contributed by atoms with van der Waals surface area (Å²) in [6.45, 7) is 2.26. The minimum atomic E-state index is -3.34. The van der Waals surface area contributed by atoms with Gasteiger partial charge in [-0.3, -0.25) is 0 Å². The number of nitrogen functional groups attached to an aromatic ring is 1. The molecule has 2 aromatic rings. The molecule has 1 aliphatic heterocycles. The van der Waals surface area contributed by atoms with Gasteiger partial charge < -0.3 is 10.6 Å². The molecule has 112 valence electrons. The van der Waals surface area contributed by atoms with E-state index in [4.69, 9.17) is 5.73 Å². The molecule has 0 saturated carbocycles. The molecule has 2 N–H and O–H groups in total. The Bertz CT molecular complexity index is 706. The molecule has 21 heavy (non-hydrogen) atoms. The Kier molecular flexibility index (Phi) is 3.88. The summed E-state index contributed by atoms with van der Waals surface area (Å²) in [5, 5.41) is 1.79. The van der Waals surface area contributed by atoms with Crippen LogP contribution >= 0.6 is 11.3 Å². The van der Waals surface area contributed by atoms with Gasteiger partial charge in [0.2, 0.25) is 0 Å². The van der Waals surface area contributed by atoms with Crippen LogP contribution in [0.25, 0.3) is 0 Å². The number of anilines is 2. The van der Waals surface area contributed by atoms with E-state index in [9.17, 15) is 8.42 Å². The summed E-state index contributed by atoms with van der Waals surface area (Å²) in [6, 6.07) is 11.1. The van der Waals surface area contributed by atoms with Gasteiger partial charge in [0.15, 0.2) is 0 Å². The number of thiophene rings is 1. The zero-order valence-electron chi connectivity index (χ0n) is 11.5. The molecule has 1 fully saturated rings. The van der Waals surface area contributed by atoms with Gasteiger partial charge in [-0.1, -0.05) is 18.2 Å². The highest BCUT2D eigenvalue weighted by atomic mass is 32.2. The standard InChI is InChI=1S/C14H17N3O2S2/c15-12-4-1-2-5-13(12)16-7-9-17(10-8-16)21(18,19)14-6-3-11-20-14/h1-6,11H,7-10,15H2. The lowest BCUT2D eigenvalue weighted by Crippen LogP contribution is -2.48. The van der Waals surface area contributed by atoms with Gasteiger partial charge in [-0.05, 0) is 23.6 Å². The summed E-state index contributed by atoms with van der Waals surface area (Å²) in [7, 11) is -3.34. The second kappa shape index (κ2) is 5.67. The molecule has 0 spiro atoms. The maximum absolute atomic E-state index is 12.5. The van der Waals surface area contributed by atoms with E-state index in [0.29, 0.717) is 30.4 Å². The van der Waals surface area contributed by atoms with Crippen molar-refractivity contribution in [3.8, 4) is 0 Å². The number of sulfonamides is 1. The highest BCUT2D eigenvalue weighted by Gasteiger charge is 2.29. The van der Waals surface area contributed by atoms with Crippen LogP contribution in [0.3, 0.4) is 0 Å². The van der Waals surface area contributed by atoms with Crippen molar-refractivity contribution in [1.29, 1.82) is 0 Å². The summed E-state index contributed by atoms with van der Waals surface area (Å²) in [5.41, 5.74) is 7.68. The first-order chi connectivity index (χ1) is 10.1. The van der Waals surface area contributed by atoms with Crippen molar-refractivity contribution < 1.29 is 8.42 Å². The molecule has 5 nitrogen and oxygen atoms in total. The minimum absolute atomic E-state index is 0.412. The van der Waals surface area contributed by atoms with Crippen LogP contribution in [0, 0.1) is 0 Å². The molecule has 1 aliphatic rings. The number of piperazine rings is 1. The molecule has 0 atom stereocenters. The zero-order chi connectivity index (χ0) is 14.9. The summed E-state index contributed by atoms with van der Waals surface area (Å²) >= 11 is 1.26. The monoisotopic (exact) mass is 323 g/mol. The Morgan fingerprint density at radius 3 is 2.33 bits per heavy atom. The smallest absolute Gasteiger partial charge is 0.252 e. The van der Waals surface area contributed by atoms with Crippen molar-refractivity contribution in [2.24, 2.45) is 0 Å². The van der Waals surface area contributed by atoms with E-state index in [1.54, 1.807) is 21.8 Å². The Morgan fingerprint density at radius 1 is 1.00 bits per heavy atom. The third-order valence-corrected chi connectivity index (χ3v) is 6.88. The van der Waals surface area contributed by atoms with Gasteiger partial charge in [0, 0.05) is 26.2 Å². The fraction of sp³-hybridized carbons (Fsp3) is 0.286. The van der Waals surface area contributed by atoms with Gasteiger partial charge in [0.05, 0.1) is 11.4 Å². The molecule has 1 aromatic heterocycles. The average molecular weight is 323 g/mol. The lowest BCUT2D eigenvalue weighted by Gasteiger charge is -2.35. The largest absolute Gasteiger partial charge is 0.397 e. The number of hydrogen-bond acceptors (Lipinski definition) is 5.